The molecule has 0 aromatic carbocycles. The van der Waals surface area contributed by atoms with E-state index in [1.165, 1.54) is 64.2 Å². The molecule has 0 amide bonds. The largest absolute Gasteiger partial charge is 0.463 e. The van der Waals surface area contributed by atoms with Gasteiger partial charge in [0.15, 0.2) is 12.2 Å². The molecule has 0 unspecified atom stereocenters. The van der Waals surface area contributed by atoms with Crippen molar-refractivity contribution < 1.29 is 33.3 Å². The Labute approximate surface area is 348 Å². The van der Waals surface area contributed by atoms with Crippen LogP contribution in [0.2, 0.25) is 0 Å². The molecular formula is C49H83NO7. The third kappa shape index (κ3) is 28.4. The Morgan fingerprint density at radius 1 is 0.544 bits per heavy atom. The van der Waals surface area contributed by atoms with E-state index in [9.17, 15) is 14.4 Å². The average molecular weight is 798 g/mol. The van der Waals surface area contributed by atoms with Crippen molar-refractivity contribution in [2.75, 3.05) is 32.8 Å². The fraction of sp³-hybridized carbons (Fsp3) is 0.776. The molecule has 2 heterocycles. The number of likely N-dealkylation sites (tertiary alicyclic amines) is 1. The second-order valence-electron chi connectivity index (χ2n) is 16.2. The van der Waals surface area contributed by atoms with Gasteiger partial charge in [-0.3, -0.25) is 14.4 Å². The van der Waals surface area contributed by atoms with Crippen LogP contribution in [0.25, 0.3) is 0 Å². The van der Waals surface area contributed by atoms with E-state index in [4.69, 9.17) is 18.9 Å². The molecule has 8 nitrogen and oxygen atoms in total. The van der Waals surface area contributed by atoms with Crippen LogP contribution in [0.3, 0.4) is 0 Å². The van der Waals surface area contributed by atoms with Gasteiger partial charge < -0.3 is 23.8 Å². The van der Waals surface area contributed by atoms with E-state index in [1.54, 1.807) is 0 Å². The van der Waals surface area contributed by atoms with Crippen molar-refractivity contribution in [3.63, 3.8) is 0 Å². The standard InChI is InChI=1S/C49H83NO7/c1-3-5-7-9-11-13-15-17-19-21-23-25-27-29-31-36-47(52)56-45-43-54-44(42-55-46(51)38-35-41-50-39-33-34-40-50)49(45)57-48(53)37-32-30-28-26-24-22-20-18-16-14-12-10-8-6-4-2/h11-14,17-20,44-45,49H,3-10,15-16,21-43H2,1-2H3/b13-11-,14-12-,19-17-,20-18-/t44-,45+,49+/m1/s1. The van der Waals surface area contributed by atoms with E-state index >= 15 is 0 Å². The highest BCUT2D eigenvalue weighted by molar-refractivity contribution is 5.71. The first-order valence-electron chi connectivity index (χ1n) is 23.5. The van der Waals surface area contributed by atoms with Crippen LogP contribution in [0.1, 0.15) is 194 Å². The molecule has 2 fully saturated rings. The predicted octanol–water partition coefficient (Wildman–Crippen LogP) is 12.3. The number of nitrogens with zero attached hydrogens (tertiary/aromatic N) is 1. The second-order valence-corrected chi connectivity index (χ2v) is 16.2. The summed E-state index contributed by atoms with van der Waals surface area (Å²) in [6.07, 6.45) is 44.7. The van der Waals surface area contributed by atoms with E-state index in [1.807, 2.05) is 0 Å². The highest BCUT2D eigenvalue weighted by Gasteiger charge is 2.43. The summed E-state index contributed by atoms with van der Waals surface area (Å²) in [5, 5.41) is 0. The van der Waals surface area contributed by atoms with Crippen molar-refractivity contribution in [1.29, 1.82) is 0 Å². The normalized spacial score (nSPS) is 18.9. The van der Waals surface area contributed by atoms with Crippen molar-refractivity contribution in [2.24, 2.45) is 0 Å². The summed E-state index contributed by atoms with van der Waals surface area (Å²) in [7, 11) is 0. The first kappa shape index (κ1) is 50.4. The Kier molecular flexibility index (Phi) is 32.2. The number of carbonyl (C=O) groups excluding carboxylic acids is 3. The number of hydrogen-bond acceptors (Lipinski definition) is 8. The summed E-state index contributed by atoms with van der Waals surface area (Å²) >= 11 is 0. The first-order chi connectivity index (χ1) is 28.0. The van der Waals surface area contributed by atoms with Crippen LogP contribution < -0.4 is 0 Å². The van der Waals surface area contributed by atoms with Gasteiger partial charge in [0.1, 0.15) is 12.7 Å². The lowest BCUT2D eigenvalue weighted by Crippen LogP contribution is -2.40. The fourth-order valence-electron chi connectivity index (χ4n) is 7.34. The minimum atomic E-state index is -0.790. The van der Waals surface area contributed by atoms with Gasteiger partial charge in [-0.25, -0.2) is 0 Å². The minimum Gasteiger partial charge on any atom is -0.463 e. The summed E-state index contributed by atoms with van der Waals surface area (Å²) in [4.78, 5) is 40.8. The van der Waals surface area contributed by atoms with Gasteiger partial charge in [0.2, 0.25) is 0 Å². The number of unbranched alkanes of at least 4 members (excludes halogenated alkanes) is 16. The lowest BCUT2D eigenvalue weighted by Gasteiger charge is -2.23. The maximum absolute atomic E-state index is 13.0. The third-order valence-corrected chi connectivity index (χ3v) is 10.9. The molecule has 0 aliphatic carbocycles. The van der Waals surface area contributed by atoms with Crippen LogP contribution in [0.5, 0.6) is 0 Å². The van der Waals surface area contributed by atoms with Crippen LogP contribution in [-0.2, 0) is 33.3 Å². The summed E-state index contributed by atoms with van der Waals surface area (Å²) in [6, 6.07) is 0. The lowest BCUT2D eigenvalue weighted by molar-refractivity contribution is -0.168. The van der Waals surface area contributed by atoms with E-state index in [2.05, 4.69) is 67.4 Å². The Morgan fingerprint density at radius 3 is 1.53 bits per heavy atom. The lowest BCUT2D eigenvalue weighted by atomic mass is 10.1. The van der Waals surface area contributed by atoms with Crippen LogP contribution in [-0.4, -0.2) is 74.0 Å². The van der Waals surface area contributed by atoms with E-state index in [0.717, 1.165) is 116 Å². The number of ether oxygens (including phenoxy) is 4. The molecule has 0 aromatic heterocycles. The first-order valence-corrected chi connectivity index (χ1v) is 23.5. The molecule has 2 aliphatic heterocycles. The van der Waals surface area contributed by atoms with Crippen molar-refractivity contribution in [1.82, 2.24) is 4.90 Å². The molecule has 57 heavy (non-hydrogen) atoms. The molecule has 0 spiro atoms. The maximum atomic E-state index is 13.0. The van der Waals surface area contributed by atoms with Gasteiger partial charge in [0.25, 0.3) is 0 Å². The highest BCUT2D eigenvalue weighted by Crippen LogP contribution is 2.24. The fourth-order valence-corrected chi connectivity index (χ4v) is 7.34. The molecule has 2 aliphatic rings. The van der Waals surface area contributed by atoms with Crippen molar-refractivity contribution in [3.05, 3.63) is 48.6 Å². The molecule has 0 aromatic rings. The molecule has 0 saturated carbocycles. The summed E-state index contributed by atoms with van der Waals surface area (Å²) in [6.45, 7) is 7.66. The van der Waals surface area contributed by atoms with Gasteiger partial charge in [0, 0.05) is 19.3 Å². The summed E-state index contributed by atoms with van der Waals surface area (Å²) in [5.74, 6) is -0.911. The van der Waals surface area contributed by atoms with Gasteiger partial charge in [-0.15, -0.1) is 0 Å². The molecule has 8 heteroatoms. The van der Waals surface area contributed by atoms with Crippen LogP contribution in [0.15, 0.2) is 48.6 Å². The predicted molar refractivity (Wildman–Crippen MR) is 234 cm³/mol. The van der Waals surface area contributed by atoms with E-state index < -0.39 is 18.3 Å². The number of hydrogen-bond donors (Lipinski definition) is 0. The molecule has 2 saturated heterocycles. The zero-order chi connectivity index (χ0) is 40.9. The minimum absolute atomic E-state index is 0.0246. The monoisotopic (exact) mass is 798 g/mol. The number of rotatable bonds is 36. The number of carbonyl (C=O) groups is 3. The molecule has 2 rings (SSSR count). The quantitative estimate of drug-likeness (QED) is 0.0268. The van der Waals surface area contributed by atoms with Gasteiger partial charge in [-0.1, -0.05) is 127 Å². The topological polar surface area (TPSA) is 91.4 Å². The van der Waals surface area contributed by atoms with Crippen LogP contribution in [0, 0.1) is 0 Å². The van der Waals surface area contributed by atoms with Gasteiger partial charge >= 0.3 is 17.9 Å². The van der Waals surface area contributed by atoms with E-state index in [-0.39, 0.29) is 31.1 Å². The van der Waals surface area contributed by atoms with Gasteiger partial charge in [-0.05, 0) is 116 Å². The van der Waals surface area contributed by atoms with Gasteiger partial charge in [0.05, 0.1) is 6.61 Å². The van der Waals surface area contributed by atoms with E-state index in [0.29, 0.717) is 19.3 Å². The SMILES string of the molecule is CCCCC/C=C\C/C=C\CCCCCCCC(=O)O[C@@H]1[C@@H](OC(=O)CCCCCCC/C=C\C/C=C\CCCCC)CO[C@@H]1COC(=O)CCCN1CCCC1. The number of esters is 3. The number of allylic oxidation sites excluding steroid dienone is 8. The molecule has 0 radical (unpaired) electrons. The van der Waals surface area contributed by atoms with Crippen molar-refractivity contribution >= 4 is 17.9 Å². The molecule has 326 valence electrons. The highest BCUT2D eigenvalue weighted by atomic mass is 16.6. The molecule has 0 bridgehead atoms. The van der Waals surface area contributed by atoms with Crippen molar-refractivity contribution in [2.45, 2.75) is 212 Å². The Balaban J connectivity index is 1.67. The average Bonchev–Trinajstić information content (AvgIpc) is 3.86. The summed E-state index contributed by atoms with van der Waals surface area (Å²) in [5.41, 5.74) is 0. The third-order valence-electron chi connectivity index (χ3n) is 10.9. The maximum Gasteiger partial charge on any atom is 0.306 e. The molecule has 0 N–H and O–H groups in total. The van der Waals surface area contributed by atoms with Crippen LogP contribution in [0.4, 0.5) is 0 Å². The molecule has 3 atom stereocenters. The van der Waals surface area contributed by atoms with Gasteiger partial charge in [-0.2, -0.15) is 0 Å². The smallest absolute Gasteiger partial charge is 0.306 e. The van der Waals surface area contributed by atoms with Crippen molar-refractivity contribution in [3.8, 4) is 0 Å². The second kappa shape index (κ2) is 36.4. The molecular weight excluding hydrogens is 715 g/mol. The van der Waals surface area contributed by atoms with Crippen LogP contribution >= 0.6 is 0 Å². The zero-order valence-corrected chi connectivity index (χ0v) is 36.5. The Hall–Kier alpha value is -2.71. The Morgan fingerprint density at radius 2 is 1.00 bits per heavy atom. The zero-order valence-electron chi connectivity index (χ0n) is 36.5. The Bertz CT molecular complexity index is 1120. The summed E-state index contributed by atoms with van der Waals surface area (Å²) < 4.78 is 23.2.